The maximum atomic E-state index is 13.2. The molecule has 1 N–H and O–H groups in total. The normalized spacial score (nSPS) is 12.2. The lowest BCUT2D eigenvalue weighted by atomic mass is 10.0. The molecule has 1 unspecified atom stereocenters. The largest absolute Gasteiger partial charge is 0.469 e. The first-order chi connectivity index (χ1) is 8.56. The maximum Gasteiger partial charge on any atom is 0.307 e. The molecule has 0 aliphatic carbocycles. The molecule has 3 nitrogen and oxygen atoms in total. The molecule has 1 rings (SSSR count). The molecule has 1 aromatic carbocycles. The van der Waals surface area contributed by atoms with Crippen LogP contribution in [0.4, 0.5) is 4.39 Å². The van der Waals surface area contributed by atoms with Gasteiger partial charge in [0.1, 0.15) is 5.82 Å². The van der Waals surface area contributed by atoms with Crippen LogP contribution in [0.15, 0.2) is 18.2 Å². The molecule has 0 heterocycles. The molecule has 0 bridgehead atoms. The number of aryl methyl sites for hydroxylation is 1. The predicted molar refractivity (Wildman–Crippen MR) is 68.9 cm³/mol. The maximum absolute atomic E-state index is 13.2. The molecule has 0 saturated carbocycles. The Bertz CT molecular complexity index is 407. The van der Waals surface area contributed by atoms with E-state index in [9.17, 15) is 9.18 Å². The van der Waals surface area contributed by atoms with E-state index in [1.807, 2.05) is 13.0 Å². The summed E-state index contributed by atoms with van der Waals surface area (Å²) in [5.74, 6) is -0.438. The fraction of sp³-hybridized carbons (Fsp3) is 0.500. The molecular formula is C14H20FNO2. The third-order valence-corrected chi connectivity index (χ3v) is 2.84. The van der Waals surface area contributed by atoms with Gasteiger partial charge in [0, 0.05) is 6.04 Å². The lowest BCUT2D eigenvalue weighted by molar-refractivity contribution is -0.141. The average molecular weight is 253 g/mol. The van der Waals surface area contributed by atoms with E-state index in [0.29, 0.717) is 18.4 Å². The Morgan fingerprint density at radius 3 is 2.78 bits per heavy atom. The molecule has 1 atom stereocenters. The topological polar surface area (TPSA) is 38.3 Å². The van der Waals surface area contributed by atoms with Gasteiger partial charge in [-0.3, -0.25) is 4.79 Å². The van der Waals surface area contributed by atoms with Gasteiger partial charge in [0.2, 0.25) is 0 Å². The minimum atomic E-state index is -0.236. The van der Waals surface area contributed by atoms with Crippen molar-refractivity contribution in [2.45, 2.75) is 32.7 Å². The summed E-state index contributed by atoms with van der Waals surface area (Å²) in [7, 11) is 1.38. The number of ether oxygens (including phenoxy) is 1. The highest BCUT2D eigenvalue weighted by Crippen LogP contribution is 2.12. The summed E-state index contributed by atoms with van der Waals surface area (Å²) in [6.07, 6.45) is 1.00. The Labute approximate surface area is 107 Å². The van der Waals surface area contributed by atoms with Crippen LogP contribution < -0.4 is 5.32 Å². The molecule has 0 radical (unpaired) electrons. The quantitative estimate of drug-likeness (QED) is 0.790. The summed E-state index contributed by atoms with van der Waals surface area (Å²) in [4.78, 5) is 11.3. The molecule has 1 aromatic rings. The minimum Gasteiger partial charge on any atom is -0.469 e. The zero-order chi connectivity index (χ0) is 13.5. The van der Waals surface area contributed by atoms with Gasteiger partial charge in [-0.15, -0.1) is 0 Å². The van der Waals surface area contributed by atoms with E-state index in [-0.39, 0.29) is 17.8 Å². The van der Waals surface area contributed by atoms with Gasteiger partial charge >= 0.3 is 5.97 Å². The van der Waals surface area contributed by atoms with Gasteiger partial charge in [-0.05, 0) is 37.1 Å². The Hall–Kier alpha value is -1.42. The molecule has 0 amide bonds. The second-order valence-corrected chi connectivity index (χ2v) is 4.32. The van der Waals surface area contributed by atoms with Crippen LogP contribution in [0.3, 0.4) is 0 Å². The third-order valence-electron chi connectivity index (χ3n) is 2.84. The number of methoxy groups -OCH3 is 1. The van der Waals surface area contributed by atoms with E-state index in [4.69, 9.17) is 0 Å². The van der Waals surface area contributed by atoms with Crippen LogP contribution in [0.1, 0.15) is 24.5 Å². The van der Waals surface area contributed by atoms with Crippen molar-refractivity contribution in [1.82, 2.24) is 5.32 Å². The lowest BCUT2D eigenvalue weighted by Gasteiger charge is -2.17. The van der Waals surface area contributed by atoms with E-state index in [0.717, 1.165) is 12.1 Å². The van der Waals surface area contributed by atoms with Crippen molar-refractivity contribution in [3.05, 3.63) is 35.1 Å². The summed E-state index contributed by atoms with van der Waals surface area (Å²) in [6, 6.07) is 5.06. The number of hydrogen-bond acceptors (Lipinski definition) is 3. The molecule has 0 aromatic heterocycles. The first-order valence-electron chi connectivity index (χ1n) is 6.12. The zero-order valence-corrected chi connectivity index (χ0v) is 11.1. The summed E-state index contributed by atoms with van der Waals surface area (Å²) >= 11 is 0. The predicted octanol–water partition coefficient (Wildman–Crippen LogP) is 2.22. The third kappa shape index (κ3) is 4.45. The van der Waals surface area contributed by atoms with Gasteiger partial charge in [-0.1, -0.05) is 19.1 Å². The van der Waals surface area contributed by atoms with Crippen molar-refractivity contribution in [3.63, 3.8) is 0 Å². The van der Waals surface area contributed by atoms with Gasteiger partial charge in [-0.25, -0.2) is 4.39 Å². The zero-order valence-electron chi connectivity index (χ0n) is 11.1. The minimum absolute atomic E-state index is 0.0207. The number of likely N-dealkylation sites (N-methyl/N-ethyl adjacent to an activating group) is 1. The Morgan fingerprint density at radius 1 is 1.50 bits per heavy atom. The lowest BCUT2D eigenvalue weighted by Crippen LogP contribution is -2.33. The fourth-order valence-corrected chi connectivity index (χ4v) is 1.91. The SMILES string of the molecule is CCNC(CC(=O)OC)Cc1ccc(F)c(C)c1. The number of benzene rings is 1. The molecule has 18 heavy (non-hydrogen) atoms. The Kier molecular flexibility index (Phi) is 5.78. The fourth-order valence-electron chi connectivity index (χ4n) is 1.91. The highest BCUT2D eigenvalue weighted by Gasteiger charge is 2.14. The van der Waals surface area contributed by atoms with E-state index < -0.39 is 0 Å². The number of rotatable bonds is 6. The van der Waals surface area contributed by atoms with Gasteiger partial charge in [-0.2, -0.15) is 0 Å². The van der Waals surface area contributed by atoms with Gasteiger partial charge in [0.05, 0.1) is 13.5 Å². The van der Waals surface area contributed by atoms with Crippen LogP contribution in [-0.2, 0) is 16.0 Å². The van der Waals surface area contributed by atoms with Crippen LogP contribution in [-0.4, -0.2) is 25.7 Å². The smallest absolute Gasteiger partial charge is 0.307 e. The molecule has 4 heteroatoms. The monoisotopic (exact) mass is 253 g/mol. The van der Waals surface area contributed by atoms with Crippen molar-refractivity contribution in [2.75, 3.05) is 13.7 Å². The second-order valence-electron chi connectivity index (χ2n) is 4.32. The average Bonchev–Trinajstić information content (AvgIpc) is 2.34. The van der Waals surface area contributed by atoms with Crippen molar-refractivity contribution < 1.29 is 13.9 Å². The van der Waals surface area contributed by atoms with E-state index in [1.165, 1.54) is 13.2 Å². The van der Waals surface area contributed by atoms with Crippen molar-refractivity contribution in [2.24, 2.45) is 0 Å². The Morgan fingerprint density at radius 2 is 2.22 bits per heavy atom. The molecule has 0 saturated heterocycles. The molecule has 0 spiro atoms. The number of esters is 1. The van der Waals surface area contributed by atoms with Gasteiger partial charge in [0.15, 0.2) is 0 Å². The van der Waals surface area contributed by atoms with E-state index >= 15 is 0 Å². The number of nitrogens with one attached hydrogen (secondary N) is 1. The summed E-state index contributed by atoms with van der Waals surface area (Å²) < 4.78 is 17.8. The van der Waals surface area contributed by atoms with E-state index in [2.05, 4.69) is 10.1 Å². The summed E-state index contributed by atoms with van der Waals surface area (Å²) in [5.41, 5.74) is 1.64. The van der Waals surface area contributed by atoms with Crippen LogP contribution in [0.5, 0.6) is 0 Å². The van der Waals surface area contributed by atoms with E-state index in [1.54, 1.807) is 13.0 Å². The molecule has 100 valence electrons. The van der Waals surface area contributed by atoms with Crippen molar-refractivity contribution in [3.8, 4) is 0 Å². The van der Waals surface area contributed by atoms with Crippen molar-refractivity contribution in [1.29, 1.82) is 0 Å². The van der Waals surface area contributed by atoms with Crippen LogP contribution in [0.2, 0.25) is 0 Å². The standard InChI is InChI=1S/C14H20FNO2/c1-4-16-12(9-14(17)18-3)8-11-5-6-13(15)10(2)7-11/h5-7,12,16H,4,8-9H2,1-3H3. The first-order valence-corrected chi connectivity index (χ1v) is 6.12. The van der Waals surface area contributed by atoms with Crippen LogP contribution in [0.25, 0.3) is 0 Å². The van der Waals surface area contributed by atoms with Crippen LogP contribution in [0, 0.1) is 12.7 Å². The molecule has 0 aliphatic rings. The first kappa shape index (κ1) is 14.6. The number of hydrogen-bond donors (Lipinski definition) is 1. The molecular weight excluding hydrogens is 233 g/mol. The Balaban J connectivity index is 2.69. The number of carbonyl (C=O) groups is 1. The second kappa shape index (κ2) is 7.11. The van der Waals surface area contributed by atoms with Gasteiger partial charge < -0.3 is 10.1 Å². The summed E-state index contributed by atoms with van der Waals surface area (Å²) in [5, 5.41) is 3.24. The molecule has 0 aliphatic heterocycles. The number of halogens is 1. The highest BCUT2D eigenvalue weighted by molar-refractivity contribution is 5.70. The van der Waals surface area contributed by atoms with Gasteiger partial charge in [0.25, 0.3) is 0 Å². The highest BCUT2D eigenvalue weighted by atomic mass is 19.1. The van der Waals surface area contributed by atoms with Crippen molar-refractivity contribution >= 4 is 5.97 Å². The summed E-state index contributed by atoms with van der Waals surface area (Å²) in [6.45, 7) is 4.50. The number of carbonyl (C=O) groups excluding carboxylic acids is 1. The van der Waals surface area contributed by atoms with Crippen LogP contribution >= 0.6 is 0 Å². The molecule has 0 fully saturated rings.